The zero-order valence-corrected chi connectivity index (χ0v) is 14.2. The summed E-state index contributed by atoms with van der Waals surface area (Å²) in [6, 6.07) is 12.3. The van der Waals surface area contributed by atoms with Crippen LogP contribution in [0.25, 0.3) is 0 Å². The first-order chi connectivity index (χ1) is 9.09. The Kier molecular flexibility index (Phi) is 4.82. The van der Waals surface area contributed by atoms with Crippen LogP contribution >= 0.6 is 0 Å². The normalized spacial score (nSPS) is 10.1. The number of hydrogen-bond donors (Lipinski definition) is 0. The van der Waals surface area contributed by atoms with Crippen molar-refractivity contribution in [1.29, 1.82) is 0 Å². The van der Waals surface area contributed by atoms with Gasteiger partial charge in [0.05, 0.1) is 0 Å². The molecule has 0 saturated heterocycles. The van der Waals surface area contributed by atoms with Crippen LogP contribution in [0.3, 0.4) is 0 Å². The van der Waals surface area contributed by atoms with Crippen LogP contribution < -0.4 is 5.63 Å². The third kappa shape index (κ3) is 3.48. The van der Waals surface area contributed by atoms with E-state index in [1.54, 1.807) is 0 Å². The van der Waals surface area contributed by atoms with Gasteiger partial charge in [-0.25, -0.2) is 0 Å². The Hall–Kier alpha value is -1.08. The summed E-state index contributed by atoms with van der Waals surface area (Å²) in [7, 11) is 0. The molecule has 98 valence electrons. The molecule has 0 radical (unpaired) electrons. The fourth-order valence-corrected chi connectivity index (χ4v) is 3.41. The van der Waals surface area contributed by atoms with Crippen molar-refractivity contribution in [3.05, 3.63) is 58.7 Å². The fourth-order valence-electron chi connectivity index (χ4n) is 1.78. The molecule has 3 heteroatoms. The molecule has 19 heavy (non-hydrogen) atoms. The van der Waals surface area contributed by atoms with Crippen molar-refractivity contribution in [1.82, 2.24) is 0 Å². The third-order valence-corrected chi connectivity index (χ3v) is 4.90. The molecule has 0 atom stereocenters. The quantitative estimate of drug-likeness (QED) is 0.831. The molecule has 0 heterocycles. The standard InChI is InChI=1S/2C8H10O.Zr/c2*1-6-4-3-5-8(9)7(6)2;/h2*3-5,9H,1-2H3;/q;;+2/p-2. The molecule has 0 N–H and O–H groups in total. The summed E-state index contributed by atoms with van der Waals surface area (Å²) >= 11 is -1.35. The summed E-state index contributed by atoms with van der Waals surface area (Å²) in [6.07, 6.45) is 0. The molecule has 2 nitrogen and oxygen atoms in total. The van der Waals surface area contributed by atoms with E-state index in [0.29, 0.717) is 0 Å². The van der Waals surface area contributed by atoms with E-state index in [1.165, 1.54) is 22.3 Å². The minimum absolute atomic E-state index is 0.955. The summed E-state index contributed by atoms with van der Waals surface area (Å²) < 4.78 is 11.7. The molecule has 0 spiro atoms. The molecular formula is C16H18O2Zr. The number of hydrogen-bond acceptors (Lipinski definition) is 2. The molecular weight excluding hydrogens is 315 g/mol. The monoisotopic (exact) mass is 332 g/mol. The van der Waals surface area contributed by atoms with Crippen LogP contribution in [0, 0.1) is 27.7 Å². The first kappa shape index (κ1) is 14.3. The molecule has 0 aliphatic rings. The van der Waals surface area contributed by atoms with Crippen molar-refractivity contribution in [2.24, 2.45) is 0 Å². The van der Waals surface area contributed by atoms with Crippen molar-refractivity contribution < 1.29 is 29.7 Å². The second-order valence-corrected chi connectivity index (χ2v) is 6.10. The van der Waals surface area contributed by atoms with Gasteiger partial charge in [0.15, 0.2) is 0 Å². The van der Waals surface area contributed by atoms with Crippen LogP contribution in [0.2, 0.25) is 0 Å². The molecule has 0 amide bonds. The summed E-state index contributed by atoms with van der Waals surface area (Å²) in [5.41, 5.74) is 4.91. The maximum absolute atomic E-state index is 5.86. The van der Waals surface area contributed by atoms with Gasteiger partial charge >= 0.3 is 128 Å². The zero-order valence-electron chi connectivity index (χ0n) is 11.8. The van der Waals surface area contributed by atoms with Gasteiger partial charge in [-0.05, 0) is 0 Å². The van der Waals surface area contributed by atoms with Crippen molar-refractivity contribution in [2.45, 2.75) is 27.7 Å². The Morgan fingerprint density at radius 3 is 1.53 bits per heavy atom. The molecule has 0 fully saturated rings. The van der Waals surface area contributed by atoms with Gasteiger partial charge in [-0.15, -0.1) is 0 Å². The van der Waals surface area contributed by atoms with Crippen molar-refractivity contribution >= 4 is 0 Å². The van der Waals surface area contributed by atoms with Crippen molar-refractivity contribution in [3.63, 3.8) is 0 Å². The Bertz CT molecular complexity index is 527. The predicted octanol–water partition coefficient (Wildman–Crippen LogP) is 4.29. The topological polar surface area (TPSA) is 18.5 Å². The SMILES string of the molecule is Cc1cccc([O][Zr][O]c2cccc(C)c2C)c1C. The van der Waals surface area contributed by atoms with Crippen LogP contribution in [-0.4, -0.2) is 0 Å². The van der Waals surface area contributed by atoms with E-state index in [2.05, 4.69) is 39.8 Å². The van der Waals surface area contributed by atoms with Crippen LogP contribution in [0.15, 0.2) is 36.4 Å². The number of aryl methyl sites for hydroxylation is 2. The molecule has 0 aliphatic carbocycles. The van der Waals surface area contributed by atoms with E-state index in [1.807, 2.05) is 24.3 Å². The summed E-state index contributed by atoms with van der Waals surface area (Å²) in [5.74, 6) is 1.91. The maximum atomic E-state index is 5.86. The van der Waals surface area contributed by atoms with Gasteiger partial charge in [0, 0.05) is 0 Å². The molecule has 0 aliphatic heterocycles. The van der Waals surface area contributed by atoms with Crippen molar-refractivity contribution in [3.8, 4) is 11.5 Å². The average Bonchev–Trinajstić information content (AvgIpc) is 2.39. The Labute approximate surface area is 127 Å². The second kappa shape index (κ2) is 6.39. The molecule has 0 bridgehead atoms. The molecule has 2 aromatic rings. The van der Waals surface area contributed by atoms with E-state index in [0.717, 1.165) is 11.5 Å². The van der Waals surface area contributed by atoms with Gasteiger partial charge in [-0.1, -0.05) is 0 Å². The second-order valence-electron chi connectivity index (χ2n) is 4.68. The zero-order chi connectivity index (χ0) is 13.8. The van der Waals surface area contributed by atoms with Gasteiger partial charge in [0.1, 0.15) is 0 Å². The summed E-state index contributed by atoms with van der Waals surface area (Å²) in [5, 5.41) is 0. The first-order valence-corrected chi connectivity index (χ1v) is 8.31. The Morgan fingerprint density at radius 1 is 0.684 bits per heavy atom. The van der Waals surface area contributed by atoms with E-state index in [4.69, 9.17) is 5.63 Å². The third-order valence-electron chi connectivity index (χ3n) is 3.41. The van der Waals surface area contributed by atoms with Gasteiger partial charge in [0.2, 0.25) is 0 Å². The van der Waals surface area contributed by atoms with E-state index in [9.17, 15) is 0 Å². The molecule has 2 aromatic carbocycles. The summed E-state index contributed by atoms with van der Waals surface area (Å²) in [6.45, 7) is 8.36. The van der Waals surface area contributed by atoms with Crippen LogP contribution in [0.5, 0.6) is 11.5 Å². The van der Waals surface area contributed by atoms with Gasteiger partial charge in [-0.3, -0.25) is 0 Å². The summed E-state index contributed by atoms with van der Waals surface area (Å²) in [4.78, 5) is 0. The van der Waals surface area contributed by atoms with Gasteiger partial charge in [0.25, 0.3) is 0 Å². The van der Waals surface area contributed by atoms with Gasteiger partial charge < -0.3 is 0 Å². The van der Waals surface area contributed by atoms with Crippen LogP contribution in [-0.2, 0) is 24.1 Å². The van der Waals surface area contributed by atoms with E-state index in [-0.39, 0.29) is 0 Å². The molecule has 0 unspecified atom stereocenters. The molecule has 0 aromatic heterocycles. The van der Waals surface area contributed by atoms with Crippen LogP contribution in [0.1, 0.15) is 22.3 Å². The number of rotatable bonds is 4. The van der Waals surface area contributed by atoms with E-state index >= 15 is 0 Å². The Balaban J connectivity index is 2.00. The molecule has 0 saturated carbocycles. The average molecular weight is 334 g/mol. The minimum atomic E-state index is -1.35. The van der Waals surface area contributed by atoms with E-state index < -0.39 is 24.1 Å². The van der Waals surface area contributed by atoms with Gasteiger partial charge in [-0.2, -0.15) is 0 Å². The van der Waals surface area contributed by atoms with Crippen molar-refractivity contribution in [2.75, 3.05) is 0 Å². The fraction of sp³-hybridized carbons (Fsp3) is 0.250. The predicted molar refractivity (Wildman–Crippen MR) is 73.1 cm³/mol. The molecule has 2 rings (SSSR count). The Morgan fingerprint density at radius 2 is 1.11 bits per heavy atom. The first-order valence-electron chi connectivity index (χ1n) is 6.30. The number of benzene rings is 2. The van der Waals surface area contributed by atoms with Crippen LogP contribution in [0.4, 0.5) is 0 Å².